The molecule has 0 radical (unpaired) electrons. The highest BCUT2D eigenvalue weighted by atomic mass is 16.3. The molecule has 0 spiro atoms. The fourth-order valence-electron chi connectivity index (χ4n) is 3.33. The molecule has 1 aromatic rings. The SMILES string of the molecule is CC(=O)[C@@H]1C(=O)C[C@@](C)(O)[C@H](C(C)=O)[C@@H]1c1ccco1. The van der Waals surface area contributed by atoms with Crippen LogP contribution in [0.25, 0.3) is 0 Å². The molecule has 0 saturated heterocycles. The molecule has 1 heterocycles. The molecule has 1 fully saturated rings. The van der Waals surface area contributed by atoms with Gasteiger partial charge in [-0.1, -0.05) is 0 Å². The molecule has 0 unspecified atom stereocenters. The minimum Gasteiger partial charge on any atom is -0.469 e. The summed E-state index contributed by atoms with van der Waals surface area (Å²) in [6.45, 7) is 4.15. The zero-order valence-corrected chi connectivity index (χ0v) is 11.8. The molecule has 2 rings (SSSR count). The number of furan rings is 1. The quantitative estimate of drug-likeness (QED) is 0.847. The monoisotopic (exact) mass is 278 g/mol. The van der Waals surface area contributed by atoms with E-state index in [1.807, 2.05) is 0 Å². The molecular formula is C15H18O5. The molecule has 0 bridgehead atoms. The second kappa shape index (κ2) is 4.98. The lowest BCUT2D eigenvalue weighted by Crippen LogP contribution is -2.53. The van der Waals surface area contributed by atoms with Crippen molar-refractivity contribution in [2.24, 2.45) is 11.8 Å². The first-order chi connectivity index (χ1) is 9.25. The Morgan fingerprint density at radius 3 is 2.45 bits per heavy atom. The first-order valence-corrected chi connectivity index (χ1v) is 6.55. The molecule has 0 amide bonds. The lowest BCUT2D eigenvalue weighted by molar-refractivity contribution is -0.152. The van der Waals surface area contributed by atoms with Gasteiger partial charge in [0.05, 0.1) is 23.7 Å². The summed E-state index contributed by atoms with van der Waals surface area (Å²) in [5.74, 6) is -3.03. The first kappa shape index (κ1) is 14.7. The Hall–Kier alpha value is -1.75. The van der Waals surface area contributed by atoms with E-state index >= 15 is 0 Å². The fraction of sp³-hybridized carbons (Fsp3) is 0.533. The standard InChI is InChI=1S/C15H18O5/c1-8(16)12-10(18)7-15(3,19)14(9(2)17)13(12)11-5-4-6-20-11/h4-6,12-14,19H,7H2,1-3H3/t12-,13-,14-,15-/m1/s1. The number of hydrogen-bond acceptors (Lipinski definition) is 5. The summed E-state index contributed by atoms with van der Waals surface area (Å²) >= 11 is 0. The highest BCUT2D eigenvalue weighted by molar-refractivity contribution is 6.04. The molecule has 0 aromatic carbocycles. The van der Waals surface area contributed by atoms with Crippen LogP contribution in [0.5, 0.6) is 0 Å². The molecule has 1 N–H and O–H groups in total. The van der Waals surface area contributed by atoms with E-state index in [0.29, 0.717) is 5.76 Å². The second-order valence-corrected chi connectivity index (χ2v) is 5.72. The number of carbonyl (C=O) groups is 3. The van der Waals surface area contributed by atoms with Crippen molar-refractivity contribution in [3.63, 3.8) is 0 Å². The van der Waals surface area contributed by atoms with Gasteiger partial charge in [-0.15, -0.1) is 0 Å². The smallest absolute Gasteiger partial charge is 0.146 e. The van der Waals surface area contributed by atoms with E-state index < -0.39 is 23.4 Å². The lowest BCUT2D eigenvalue weighted by Gasteiger charge is -2.43. The van der Waals surface area contributed by atoms with Gasteiger partial charge in [-0.25, -0.2) is 0 Å². The van der Waals surface area contributed by atoms with Crippen LogP contribution in [0.3, 0.4) is 0 Å². The molecule has 1 aromatic heterocycles. The third-order valence-electron chi connectivity index (χ3n) is 4.01. The average molecular weight is 278 g/mol. The Bertz CT molecular complexity index is 541. The Morgan fingerprint density at radius 2 is 2.00 bits per heavy atom. The van der Waals surface area contributed by atoms with Gasteiger partial charge in [-0.3, -0.25) is 14.4 Å². The summed E-state index contributed by atoms with van der Waals surface area (Å²) in [5.41, 5.74) is -1.47. The van der Waals surface area contributed by atoms with Crippen molar-refractivity contribution in [2.75, 3.05) is 0 Å². The van der Waals surface area contributed by atoms with E-state index in [-0.39, 0.29) is 23.8 Å². The van der Waals surface area contributed by atoms with Gasteiger partial charge in [0.2, 0.25) is 0 Å². The van der Waals surface area contributed by atoms with Crippen molar-refractivity contribution in [2.45, 2.75) is 38.7 Å². The third-order valence-corrected chi connectivity index (χ3v) is 4.01. The van der Waals surface area contributed by atoms with Gasteiger partial charge in [0.1, 0.15) is 23.1 Å². The molecule has 108 valence electrons. The maximum absolute atomic E-state index is 12.2. The van der Waals surface area contributed by atoms with E-state index in [0.717, 1.165) is 0 Å². The van der Waals surface area contributed by atoms with Crippen LogP contribution in [0.1, 0.15) is 38.9 Å². The largest absolute Gasteiger partial charge is 0.469 e. The summed E-state index contributed by atoms with van der Waals surface area (Å²) < 4.78 is 5.31. The number of carbonyl (C=O) groups excluding carboxylic acids is 3. The van der Waals surface area contributed by atoms with Crippen LogP contribution in [-0.2, 0) is 14.4 Å². The Morgan fingerprint density at radius 1 is 1.35 bits per heavy atom. The lowest BCUT2D eigenvalue weighted by atomic mass is 9.61. The van der Waals surface area contributed by atoms with E-state index in [9.17, 15) is 19.5 Å². The molecule has 5 nitrogen and oxygen atoms in total. The first-order valence-electron chi connectivity index (χ1n) is 6.55. The maximum atomic E-state index is 12.2. The van der Waals surface area contributed by atoms with Crippen molar-refractivity contribution in [3.05, 3.63) is 24.2 Å². The predicted octanol–water partition coefficient (Wildman–Crippen LogP) is 1.50. The zero-order chi connectivity index (χ0) is 15.1. The van der Waals surface area contributed by atoms with Crippen LogP contribution in [0.2, 0.25) is 0 Å². The molecular weight excluding hydrogens is 260 g/mol. The van der Waals surface area contributed by atoms with Crippen molar-refractivity contribution >= 4 is 17.3 Å². The summed E-state index contributed by atoms with van der Waals surface area (Å²) in [6.07, 6.45) is 1.23. The Kier molecular flexibility index (Phi) is 3.65. The summed E-state index contributed by atoms with van der Waals surface area (Å²) in [7, 11) is 0. The maximum Gasteiger partial charge on any atom is 0.146 e. The topological polar surface area (TPSA) is 84.6 Å². The van der Waals surface area contributed by atoms with E-state index in [1.54, 1.807) is 12.1 Å². The molecule has 1 saturated carbocycles. The molecule has 4 atom stereocenters. The highest BCUT2D eigenvalue weighted by Gasteiger charge is 2.54. The van der Waals surface area contributed by atoms with Gasteiger partial charge >= 0.3 is 0 Å². The molecule has 5 heteroatoms. The van der Waals surface area contributed by atoms with Crippen LogP contribution < -0.4 is 0 Å². The van der Waals surface area contributed by atoms with Gasteiger partial charge in [-0.05, 0) is 32.9 Å². The molecule has 1 aliphatic carbocycles. The van der Waals surface area contributed by atoms with Crippen molar-refractivity contribution in [1.82, 2.24) is 0 Å². The minimum absolute atomic E-state index is 0.196. The fourth-order valence-corrected chi connectivity index (χ4v) is 3.33. The number of hydrogen-bond donors (Lipinski definition) is 1. The van der Waals surface area contributed by atoms with Crippen LogP contribution in [0, 0.1) is 11.8 Å². The average Bonchev–Trinajstić information content (AvgIpc) is 2.77. The Balaban J connectivity index is 2.58. The van der Waals surface area contributed by atoms with Crippen LogP contribution in [0.4, 0.5) is 0 Å². The van der Waals surface area contributed by atoms with Crippen LogP contribution >= 0.6 is 0 Å². The number of rotatable bonds is 3. The Labute approximate surface area is 117 Å². The molecule has 0 aliphatic heterocycles. The van der Waals surface area contributed by atoms with Gasteiger partial charge in [0.15, 0.2) is 0 Å². The van der Waals surface area contributed by atoms with Gasteiger partial charge in [0, 0.05) is 12.3 Å². The summed E-state index contributed by atoms with van der Waals surface area (Å²) in [6, 6.07) is 3.27. The third kappa shape index (κ3) is 2.33. The summed E-state index contributed by atoms with van der Waals surface area (Å²) in [4.78, 5) is 36.0. The summed E-state index contributed by atoms with van der Waals surface area (Å²) in [5, 5.41) is 10.4. The number of Topliss-reactive ketones (excluding diaryl/α,β-unsaturated/α-hetero) is 3. The second-order valence-electron chi connectivity index (χ2n) is 5.72. The van der Waals surface area contributed by atoms with Crippen molar-refractivity contribution < 1.29 is 23.9 Å². The molecule has 1 aliphatic rings. The highest BCUT2D eigenvalue weighted by Crippen LogP contribution is 2.46. The minimum atomic E-state index is -1.47. The van der Waals surface area contributed by atoms with Crippen LogP contribution in [0.15, 0.2) is 22.8 Å². The van der Waals surface area contributed by atoms with Crippen LogP contribution in [-0.4, -0.2) is 28.1 Å². The number of ketones is 3. The molecule has 20 heavy (non-hydrogen) atoms. The van der Waals surface area contributed by atoms with Gasteiger partial charge in [0.25, 0.3) is 0 Å². The van der Waals surface area contributed by atoms with Gasteiger partial charge < -0.3 is 9.52 Å². The normalized spacial score (nSPS) is 34.0. The number of aliphatic hydroxyl groups is 1. The van der Waals surface area contributed by atoms with Crippen molar-refractivity contribution in [1.29, 1.82) is 0 Å². The predicted molar refractivity (Wildman–Crippen MR) is 70.0 cm³/mol. The zero-order valence-electron chi connectivity index (χ0n) is 11.8. The van der Waals surface area contributed by atoms with Crippen molar-refractivity contribution in [3.8, 4) is 0 Å². The van der Waals surface area contributed by atoms with E-state index in [4.69, 9.17) is 4.42 Å². The van der Waals surface area contributed by atoms with E-state index in [1.165, 1.54) is 27.0 Å². The van der Waals surface area contributed by atoms with Gasteiger partial charge in [-0.2, -0.15) is 0 Å². The van der Waals surface area contributed by atoms with E-state index in [2.05, 4.69) is 0 Å².